The number of aromatic hydroxyl groups is 1. The van der Waals surface area contributed by atoms with E-state index in [1.54, 1.807) is 56.0 Å². The molecule has 0 bridgehead atoms. The van der Waals surface area contributed by atoms with Crippen molar-refractivity contribution < 1.29 is 31.8 Å². The molecule has 13 heteroatoms. The van der Waals surface area contributed by atoms with Crippen LogP contribution in [0.4, 0.5) is 19.5 Å². The van der Waals surface area contributed by atoms with Gasteiger partial charge in [0.25, 0.3) is 0 Å². The number of amides is 1. The predicted molar refractivity (Wildman–Crippen MR) is 159 cm³/mol. The van der Waals surface area contributed by atoms with Crippen LogP contribution >= 0.6 is 0 Å². The molecule has 0 atom stereocenters. The summed E-state index contributed by atoms with van der Waals surface area (Å²) in [5.74, 6) is -1.60. The summed E-state index contributed by atoms with van der Waals surface area (Å²) >= 11 is 0. The van der Waals surface area contributed by atoms with Gasteiger partial charge in [0.2, 0.25) is 16.0 Å². The standard InChI is InChI=1S/C30H37F2N5O5S/c1-30(2,3)42-29(39)36-14-11-23(12-15-36)37(43(4,40)41)19-21-6-5-7-22(16-21)27-25(32)18-34-28(35-27)33-13-10-20-8-9-26(38)24(31)17-20/h5-9,16-18,23,38H,10-15,19H2,1-4H3,(H,33,34,35). The summed E-state index contributed by atoms with van der Waals surface area (Å²) in [7, 11) is -3.61. The summed E-state index contributed by atoms with van der Waals surface area (Å²) in [6, 6.07) is 10.7. The Kier molecular flexibility index (Phi) is 9.86. The molecule has 1 aromatic heterocycles. The second-order valence-corrected chi connectivity index (χ2v) is 13.5. The summed E-state index contributed by atoms with van der Waals surface area (Å²) in [5, 5.41) is 12.3. The van der Waals surface area contributed by atoms with E-state index in [9.17, 15) is 27.1 Å². The Morgan fingerprint density at radius 3 is 2.49 bits per heavy atom. The second kappa shape index (κ2) is 13.2. The van der Waals surface area contributed by atoms with Gasteiger partial charge in [-0.25, -0.2) is 32.0 Å². The van der Waals surface area contributed by atoms with Crippen LogP contribution in [-0.2, 0) is 27.7 Å². The molecule has 1 fully saturated rings. The highest BCUT2D eigenvalue weighted by Crippen LogP contribution is 2.27. The molecule has 1 aliphatic heterocycles. The maximum Gasteiger partial charge on any atom is 0.410 e. The molecule has 0 aliphatic carbocycles. The molecular formula is C30H37F2N5O5S. The summed E-state index contributed by atoms with van der Waals surface area (Å²) in [6.07, 6.45) is 3.13. The summed E-state index contributed by atoms with van der Waals surface area (Å²) in [5.41, 5.74) is 1.19. The smallest absolute Gasteiger partial charge is 0.410 e. The number of hydrogen-bond donors (Lipinski definition) is 2. The van der Waals surface area contributed by atoms with Crippen LogP contribution < -0.4 is 5.32 Å². The lowest BCUT2D eigenvalue weighted by atomic mass is 10.0. The molecular weight excluding hydrogens is 580 g/mol. The fraction of sp³-hybridized carbons (Fsp3) is 0.433. The number of phenols is 1. The molecule has 232 valence electrons. The van der Waals surface area contributed by atoms with E-state index in [1.807, 2.05) is 0 Å². The molecule has 0 spiro atoms. The third-order valence-corrected chi connectivity index (χ3v) is 8.22. The van der Waals surface area contributed by atoms with Gasteiger partial charge < -0.3 is 20.1 Å². The molecule has 0 saturated carbocycles. The van der Waals surface area contributed by atoms with E-state index >= 15 is 0 Å². The molecule has 2 aromatic carbocycles. The monoisotopic (exact) mass is 617 g/mol. The zero-order chi connectivity index (χ0) is 31.4. The van der Waals surface area contributed by atoms with E-state index in [0.29, 0.717) is 55.6 Å². The number of benzene rings is 2. The lowest BCUT2D eigenvalue weighted by Crippen LogP contribution is -2.49. The van der Waals surface area contributed by atoms with Crippen LogP contribution in [0.15, 0.2) is 48.7 Å². The number of carbonyl (C=O) groups is 1. The van der Waals surface area contributed by atoms with Crippen molar-refractivity contribution in [1.29, 1.82) is 0 Å². The number of hydrogen-bond acceptors (Lipinski definition) is 8. The van der Waals surface area contributed by atoms with Gasteiger partial charge in [-0.1, -0.05) is 24.3 Å². The Morgan fingerprint density at radius 1 is 1.12 bits per heavy atom. The van der Waals surface area contributed by atoms with Crippen LogP contribution in [0.2, 0.25) is 0 Å². The van der Waals surface area contributed by atoms with Gasteiger partial charge in [-0.2, -0.15) is 4.31 Å². The molecule has 0 radical (unpaired) electrons. The van der Waals surface area contributed by atoms with Gasteiger partial charge in [-0.15, -0.1) is 0 Å². The molecule has 2 heterocycles. The second-order valence-electron chi connectivity index (χ2n) is 11.6. The number of ether oxygens (including phenoxy) is 1. The predicted octanol–water partition coefficient (Wildman–Crippen LogP) is 4.94. The Bertz CT molecular complexity index is 1560. The van der Waals surface area contributed by atoms with E-state index in [0.717, 1.165) is 12.5 Å². The molecule has 4 rings (SSSR count). The molecule has 1 saturated heterocycles. The lowest BCUT2D eigenvalue weighted by molar-refractivity contribution is 0.0176. The van der Waals surface area contributed by atoms with E-state index in [2.05, 4.69) is 15.3 Å². The quantitative estimate of drug-likeness (QED) is 0.346. The normalized spacial score (nSPS) is 14.6. The van der Waals surface area contributed by atoms with Crippen LogP contribution in [0.5, 0.6) is 5.75 Å². The number of sulfonamides is 1. The Labute approximate surface area is 250 Å². The number of anilines is 1. The minimum atomic E-state index is -3.61. The van der Waals surface area contributed by atoms with Crippen molar-refractivity contribution in [3.63, 3.8) is 0 Å². The first-order valence-electron chi connectivity index (χ1n) is 14.0. The van der Waals surface area contributed by atoms with Crippen LogP contribution in [0.1, 0.15) is 44.7 Å². The number of nitrogens with one attached hydrogen (secondary N) is 1. The van der Waals surface area contributed by atoms with Gasteiger partial charge in [-0.3, -0.25) is 0 Å². The number of likely N-dealkylation sites (tertiary alicyclic amines) is 1. The summed E-state index contributed by atoms with van der Waals surface area (Å²) < 4.78 is 61.0. The van der Waals surface area contributed by atoms with Gasteiger partial charge >= 0.3 is 6.09 Å². The van der Waals surface area contributed by atoms with Crippen molar-refractivity contribution in [2.24, 2.45) is 0 Å². The largest absolute Gasteiger partial charge is 0.505 e. The zero-order valence-electron chi connectivity index (χ0n) is 24.7. The fourth-order valence-electron chi connectivity index (χ4n) is 4.86. The molecule has 10 nitrogen and oxygen atoms in total. The summed E-state index contributed by atoms with van der Waals surface area (Å²) in [6.45, 7) is 6.54. The van der Waals surface area contributed by atoms with Crippen molar-refractivity contribution in [2.75, 3.05) is 31.2 Å². The Balaban J connectivity index is 1.44. The average molecular weight is 618 g/mol. The topological polar surface area (TPSA) is 125 Å². The van der Waals surface area contributed by atoms with Gasteiger partial charge in [0.05, 0.1) is 12.5 Å². The maximum absolute atomic E-state index is 14.8. The fourth-order valence-corrected chi connectivity index (χ4v) is 5.99. The highest BCUT2D eigenvalue weighted by Gasteiger charge is 2.33. The Hall–Kier alpha value is -3.84. The van der Waals surface area contributed by atoms with Crippen molar-refractivity contribution >= 4 is 22.1 Å². The molecule has 3 aromatic rings. The first-order valence-corrected chi connectivity index (χ1v) is 15.8. The van der Waals surface area contributed by atoms with Crippen LogP contribution in [-0.4, -0.2) is 76.3 Å². The molecule has 0 unspecified atom stereocenters. The minimum absolute atomic E-state index is 0.0478. The third-order valence-electron chi connectivity index (χ3n) is 6.94. The average Bonchev–Trinajstić information content (AvgIpc) is 2.93. The van der Waals surface area contributed by atoms with E-state index in [-0.39, 0.29) is 24.2 Å². The van der Waals surface area contributed by atoms with E-state index in [4.69, 9.17) is 4.74 Å². The SMILES string of the molecule is CC(C)(C)OC(=O)N1CCC(N(Cc2cccc(-c3nc(NCCc4ccc(O)c(F)c4)ncc3F)c2)S(C)(=O)=O)CC1. The van der Waals surface area contributed by atoms with Crippen molar-refractivity contribution in [3.8, 4) is 17.0 Å². The van der Waals surface area contributed by atoms with Gasteiger partial charge in [0.1, 0.15) is 11.3 Å². The number of nitrogens with zero attached hydrogens (tertiary/aromatic N) is 4. The maximum atomic E-state index is 14.8. The number of aromatic nitrogens is 2. The lowest BCUT2D eigenvalue weighted by Gasteiger charge is -2.37. The number of rotatable bonds is 9. The number of phenolic OH excluding ortho intramolecular Hbond substituents is 1. The molecule has 43 heavy (non-hydrogen) atoms. The van der Waals surface area contributed by atoms with Crippen molar-refractivity contribution in [3.05, 3.63) is 71.4 Å². The minimum Gasteiger partial charge on any atom is -0.505 e. The van der Waals surface area contributed by atoms with Crippen LogP contribution in [0, 0.1) is 11.6 Å². The summed E-state index contributed by atoms with van der Waals surface area (Å²) in [4.78, 5) is 22.4. The first kappa shape index (κ1) is 32.1. The van der Waals surface area contributed by atoms with E-state index < -0.39 is 39.1 Å². The van der Waals surface area contributed by atoms with Crippen LogP contribution in [0.25, 0.3) is 11.3 Å². The van der Waals surface area contributed by atoms with E-state index in [1.165, 1.54) is 16.4 Å². The molecule has 1 amide bonds. The van der Waals surface area contributed by atoms with Gasteiger partial charge in [0, 0.05) is 37.8 Å². The number of carbonyl (C=O) groups excluding carboxylic acids is 1. The molecule has 2 N–H and O–H groups in total. The van der Waals surface area contributed by atoms with Gasteiger partial charge in [0.15, 0.2) is 17.4 Å². The zero-order valence-corrected chi connectivity index (χ0v) is 25.5. The van der Waals surface area contributed by atoms with Crippen molar-refractivity contribution in [2.45, 2.75) is 58.2 Å². The van der Waals surface area contributed by atoms with Gasteiger partial charge in [-0.05, 0) is 69.4 Å². The third kappa shape index (κ3) is 8.83. The first-order chi connectivity index (χ1) is 20.2. The van der Waals surface area contributed by atoms with Crippen LogP contribution in [0.3, 0.4) is 0 Å². The highest BCUT2D eigenvalue weighted by atomic mass is 32.2. The molecule has 1 aliphatic rings. The van der Waals surface area contributed by atoms with Crippen molar-refractivity contribution in [1.82, 2.24) is 19.2 Å². The Morgan fingerprint density at radius 2 is 1.84 bits per heavy atom. The number of halogens is 2. The highest BCUT2D eigenvalue weighted by molar-refractivity contribution is 7.88. The number of piperidine rings is 1.